The van der Waals surface area contributed by atoms with E-state index in [2.05, 4.69) is 15.6 Å². The third kappa shape index (κ3) is 4.50. The summed E-state index contributed by atoms with van der Waals surface area (Å²) in [5, 5.41) is 5.17. The summed E-state index contributed by atoms with van der Waals surface area (Å²) in [5.41, 5.74) is 6.55. The number of nitrogens with two attached hydrogens (primary N) is 1. The summed E-state index contributed by atoms with van der Waals surface area (Å²) in [6.07, 6.45) is 1.54. The number of amides is 2. The predicted molar refractivity (Wildman–Crippen MR) is 67.7 cm³/mol. The van der Waals surface area contributed by atoms with Crippen LogP contribution in [0.1, 0.15) is 29.9 Å². The second-order valence-corrected chi connectivity index (χ2v) is 4.16. The van der Waals surface area contributed by atoms with E-state index in [0.29, 0.717) is 6.54 Å². The summed E-state index contributed by atoms with van der Waals surface area (Å²) in [5.74, 6) is -0.602. The van der Waals surface area contributed by atoms with Crippen molar-refractivity contribution in [3.63, 3.8) is 0 Å². The summed E-state index contributed by atoms with van der Waals surface area (Å²) in [4.78, 5) is 26.9. The first-order chi connectivity index (χ1) is 8.52. The molecule has 0 saturated carbocycles. The number of hydrogen-bond acceptors (Lipinski definition) is 4. The summed E-state index contributed by atoms with van der Waals surface area (Å²) in [6.45, 7) is 4.03. The topological polar surface area (TPSA) is 97.1 Å². The van der Waals surface area contributed by atoms with Gasteiger partial charge in [-0.3, -0.25) is 14.6 Å². The van der Waals surface area contributed by atoms with Crippen molar-refractivity contribution in [1.29, 1.82) is 0 Å². The van der Waals surface area contributed by atoms with Gasteiger partial charge in [0.1, 0.15) is 5.69 Å². The van der Waals surface area contributed by atoms with Crippen LogP contribution in [-0.4, -0.2) is 29.4 Å². The van der Waals surface area contributed by atoms with Crippen LogP contribution >= 0.6 is 0 Å². The van der Waals surface area contributed by atoms with Crippen molar-refractivity contribution in [2.24, 2.45) is 5.73 Å². The van der Waals surface area contributed by atoms with Crippen molar-refractivity contribution >= 4 is 11.8 Å². The minimum atomic E-state index is -0.377. The number of aromatic nitrogens is 1. The first-order valence-corrected chi connectivity index (χ1v) is 5.75. The standard InChI is InChI=1S/C12H18N4O2/c1-8(2)16-11(17)7-15-12(18)10-4-3-9(5-13)6-14-10/h3-4,6,8H,5,7,13H2,1-2H3,(H,15,18)(H,16,17). The Kier molecular flexibility index (Phi) is 5.26. The summed E-state index contributed by atoms with van der Waals surface area (Å²) >= 11 is 0. The van der Waals surface area contributed by atoms with E-state index in [1.807, 2.05) is 13.8 Å². The van der Waals surface area contributed by atoms with Gasteiger partial charge in [-0.05, 0) is 25.5 Å². The third-order valence-electron chi connectivity index (χ3n) is 2.15. The second-order valence-electron chi connectivity index (χ2n) is 4.16. The highest BCUT2D eigenvalue weighted by molar-refractivity contribution is 5.94. The normalized spacial score (nSPS) is 10.2. The van der Waals surface area contributed by atoms with Crippen LogP contribution in [-0.2, 0) is 11.3 Å². The molecular weight excluding hydrogens is 232 g/mol. The maximum atomic E-state index is 11.6. The maximum Gasteiger partial charge on any atom is 0.270 e. The second kappa shape index (κ2) is 6.70. The van der Waals surface area contributed by atoms with Crippen molar-refractivity contribution in [2.75, 3.05) is 6.54 Å². The van der Waals surface area contributed by atoms with E-state index in [0.717, 1.165) is 5.56 Å². The Labute approximate surface area is 106 Å². The molecule has 0 aromatic carbocycles. The average Bonchev–Trinajstić information content (AvgIpc) is 2.35. The lowest BCUT2D eigenvalue weighted by atomic mass is 10.2. The minimum Gasteiger partial charge on any atom is -0.352 e. The summed E-state index contributed by atoms with van der Waals surface area (Å²) in [6, 6.07) is 3.37. The molecule has 1 heterocycles. The fourth-order valence-corrected chi connectivity index (χ4v) is 1.30. The van der Waals surface area contributed by atoms with Crippen LogP contribution in [0.2, 0.25) is 0 Å². The van der Waals surface area contributed by atoms with Crippen LogP contribution in [0, 0.1) is 0 Å². The molecule has 98 valence electrons. The van der Waals surface area contributed by atoms with Crippen molar-refractivity contribution < 1.29 is 9.59 Å². The van der Waals surface area contributed by atoms with E-state index in [1.165, 1.54) is 0 Å². The Morgan fingerprint density at radius 2 is 2.11 bits per heavy atom. The van der Waals surface area contributed by atoms with E-state index in [4.69, 9.17) is 5.73 Å². The highest BCUT2D eigenvalue weighted by Gasteiger charge is 2.09. The van der Waals surface area contributed by atoms with Gasteiger partial charge >= 0.3 is 0 Å². The van der Waals surface area contributed by atoms with E-state index >= 15 is 0 Å². The number of rotatable bonds is 5. The fraction of sp³-hybridized carbons (Fsp3) is 0.417. The molecule has 18 heavy (non-hydrogen) atoms. The molecule has 0 spiro atoms. The van der Waals surface area contributed by atoms with Gasteiger partial charge in [-0.15, -0.1) is 0 Å². The van der Waals surface area contributed by atoms with Crippen molar-refractivity contribution in [1.82, 2.24) is 15.6 Å². The number of pyridine rings is 1. The molecular formula is C12H18N4O2. The first-order valence-electron chi connectivity index (χ1n) is 5.75. The van der Waals surface area contributed by atoms with E-state index in [1.54, 1.807) is 18.3 Å². The molecule has 6 nitrogen and oxygen atoms in total. The lowest BCUT2D eigenvalue weighted by Gasteiger charge is -2.09. The molecule has 1 aromatic rings. The largest absolute Gasteiger partial charge is 0.352 e. The van der Waals surface area contributed by atoms with Gasteiger partial charge in [0, 0.05) is 18.8 Å². The van der Waals surface area contributed by atoms with Crippen LogP contribution in [0.4, 0.5) is 0 Å². The zero-order chi connectivity index (χ0) is 13.5. The lowest BCUT2D eigenvalue weighted by molar-refractivity contribution is -0.120. The Bertz CT molecular complexity index is 415. The number of nitrogens with zero attached hydrogens (tertiary/aromatic N) is 1. The van der Waals surface area contributed by atoms with Gasteiger partial charge in [0.2, 0.25) is 5.91 Å². The highest BCUT2D eigenvalue weighted by Crippen LogP contribution is 1.98. The molecule has 0 atom stereocenters. The SMILES string of the molecule is CC(C)NC(=O)CNC(=O)c1ccc(CN)cn1. The van der Waals surface area contributed by atoms with Gasteiger partial charge in [0.05, 0.1) is 6.54 Å². The fourth-order valence-electron chi connectivity index (χ4n) is 1.30. The Morgan fingerprint density at radius 1 is 1.39 bits per heavy atom. The van der Waals surface area contributed by atoms with Crippen LogP contribution in [0.15, 0.2) is 18.3 Å². The molecule has 0 aliphatic heterocycles. The molecule has 4 N–H and O–H groups in total. The molecule has 2 amide bonds. The number of carbonyl (C=O) groups is 2. The monoisotopic (exact) mass is 250 g/mol. The number of hydrogen-bond donors (Lipinski definition) is 3. The number of nitrogens with one attached hydrogen (secondary N) is 2. The Hall–Kier alpha value is -1.95. The minimum absolute atomic E-state index is 0.0522. The quantitative estimate of drug-likeness (QED) is 0.674. The number of carbonyl (C=O) groups excluding carboxylic acids is 2. The molecule has 0 bridgehead atoms. The first kappa shape index (κ1) is 14.1. The molecule has 0 aliphatic carbocycles. The van der Waals surface area contributed by atoms with E-state index in [9.17, 15) is 9.59 Å². The van der Waals surface area contributed by atoms with E-state index in [-0.39, 0.29) is 30.1 Å². The van der Waals surface area contributed by atoms with Crippen LogP contribution in [0.25, 0.3) is 0 Å². The molecule has 6 heteroatoms. The summed E-state index contributed by atoms with van der Waals surface area (Å²) in [7, 11) is 0. The van der Waals surface area contributed by atoms with E-state index < -0.39 is 0 Å². The van der Waals surface area contributed by atoms with Gasteiger partial charge in [-0.2, -0.15) is 0 Å². The molecule has 0 radical (unpaired) electrons. The maximum absolute atomic E-state index is 11.6. The Morgan fingerprint density at radius 3 is 2.61 bits per heavy atom. The van der Waals surface area contributed by atoms with Gasteiger partial charge in [0.15, 0.2) is 0 Å². The highest BCUT2D eigenvalue weighted by atomic mass is 16.2. The molecule has 0 aliphatic rings. The third-order valence-corrected chi connectivity index (χ3v) is 2.15. The lowest BCUT2D eigenvalue weighted by Crippen LogP contribution is -2.40. The Balaban J connectivity index is 2.47. The van der Waals surface area contributed by atoms with Gasteiger partial charge in [-0.1, -0.05) is 6.07 Å². The average molecular weight is 250 g/mol. The van der Waals surface area contributed by atoms with Gasteiger partial charge in [-0.25, -0.2) is 0 Å². The molecule has 1 aromatic heterocycles. The van der Waals surface area contributed by atoms with Crippen molar-refractivity contribution in [3.8, 4) is 0 Å². The zero-order valence-electron chi connectivity index (χ0n) is 10.6. The van der Waals surface area contributed by atoms with Crippen molar-refractivity contribution in [3.05, 3.63) is 29.6 Å². The van der Waals surface area contributed by atoms with Crippen molar-refractivity contribution in [2.45, 2.75) is 26.4 Å². The summed E-state index contributed by atoms with van der Waals surface area (Å²) < 4.78 is 0. The predicted octanol–water partition coefficient (Wildman–Crippen LogP) is -0.205. The molecule has 0 unspecified atom stereocenters. The van der Waals surface area contributed by atoms with Gasteiger partial charge < -0.3 is 16.4 Å². The van der Waals surface area contributed by atoms with Gasteiger partial charge in [0.25, 0.3) is 5.91 Å². The zero-order valence-corrected chi connectivity index (χ0v) is 10.6. The molecule has 1 rings (SSSR count). The van der Waals surface area contributed by atoms with Crippen LogP contribution in [0.3, 0.4) is 0 Å². The molecule has 0 fully saturated rings. The smallest absolute Gasteiger partial charge is 0.270 e. The van der Waals surface area contributed by atoms with Crippen LogP contribution < -0.4 is 16.4 Å². The molecule has 0 saturated heterocycles. The van der Waals surface area contributed by atoms with Crippen LogP contribution in [0.5, 0.6) is 0 Å².